The summed E-state index contributed by atoms with van der Waals surface area (Å²) < 4.78 is 5.30. The minimum Gasteiger partial charge on any atom is -0.496 e. The van der Waals surface area contributed by atoms with E-state index >= 15 is 0 Å². The zero-order valence-electron chi connectivity index (χ0n) is 5.98. The Balaban J connectivity index is 2.40. The highest BCUT2D eigenvalue weighted by atomic mass is 16.5. The van der Waals surface area contributed by atoms with Crippen molar-refractivity contribution in [3.63, 3.8) is 0 Å². The van der Waals surface area contributed by atoms with Gasteiger partial charge in [-0.2, -0.15) is 0 Å². The van der Waals surface area contributed by atoms with Gasteiger partial charge in [-0.15, -0.1) is 0 Å². The molecular formula is C7H13NO. The van der Waals surface area contributed by atoms with Crippen LogP contribution in [0.2, 0.25) is 0 Å². The first kappa shape index (κ1) is 6.62. The highest BCUT2D eigenvalue weighted by Crippen LogP contribution is 2.11. The molecule has 1 rings (SSSR count). The van der Waals surface area contributed by atoms with Crippen LogP contribution >= 0.6 is 0 Å². The van der Waals surface area contributed by atoms with Crippen molar-refractivity contribution >= 4 is 0 Å². The van der Waals surface area contributed by atoms with Crippen LogP contribution in [-0.2, 0) is 4.74 Å². The summed E-state index contributed by atoms with van der Waals surface area (Å²) in [6.45, 7) is 2.96. The molecule has 1 atom stereocenters. The molecule has 0 spiro atoms. The Kier molecular flexibility index (Phi) is 2.11. The van der Waals surface area contributed by atoms with E-state index in [-0.39, 0.29) is 0 Å². The van der Waals surface area contributed by atoms with E-state index < -0.39 is 0 Å². The van der Waals surface area contributed by atoms with E-state index in [1.54, 1.807) is 0 Å². The summed E-state index contributed by atoms with van der Waals surface area (Å²) in [5.74, 6) is 1.09. The van der Waals surface area contributed by atoms with E-state index in [2.05, 4.69) is 18.3 Å². The van der Waals surface area contributed by atoms with Gasteiger partial charge in [-0.1, -0.05) is 0 Å². The quantitative estimate of drug-likeness (QED) is 0.595. The molecule has 9 heavy (non-hydrogen) atoms. The molecular weight excluding hydrogens is 114 g/mol. The molecule has 0 fully saturated rings. The maximum Gasteiger partial charge on any atom is 0.109 e. The van der Waals surface area contributed by atoms with Crippen molar-refractivity contribution in [2.24, 2.45) is 0 Å². The van der Waals surface area contributed by atoms with E-state index in [0.29, 0.717) is 6.04 Å². The van der Waals surface area contributed by atoms with Gasteiger partial charge in [0.2, 0.25) is 0 Å². The second-order valence-corrected chi connectivity index (χ2v) is 2.25. The Morgan fingerprint density at radius 1 is 1.78 bits per heavy atom. The molecule has 1 heterocycles. The minimum absolute atomic E-state index is 0.382. The number of likely N-dealkylation sites (N-methyl/N-ethyl adjacent to an activating group) is 1. The molecule has 0 aliphatic carbocycles. The predicted molar refractivity (Wildman–Crippen MR) is 37.2 cm³/mol. The Morgan fingerprint density at radius 3 is 3.00 bits per heavy atom. The van der Waals surface area contributed by atoms with Gasteiger partial charge in [-0.3, -0.25) is 0 Å². The molecule has 0 aromatic rings. The van der Waals surface area contributed by atoms with E-state index in [1.165, 1.54) is 0 Å². The van der Waals surface area contributed by atoms with Crippen LogP contribution < -0.4 is 5.32 Å². The zero-order chi connectivity index (χ0) is 6.69. The lowest BCUT2D eigenvalue weighted by Gasteiger charge is -2.10. The lowest BCUT2D eigenvalue weighted by Crippen LogP contribution is -2.23. The van der Waals surface area contributed by atoms with Gasteiger partial charge in [-0.05, 0) is 20.0 Å². The highest BCUT2D eigenvalue weighted by Gasteiger charge is 2.10. The lowest BCUT2D eigenvalue weighted by molar-refractivity contribution is 0.221. The fourth-order valence-electron chi connectivity index (χ4n) is 0.881. The molecule has 0 aromatic heterocycles. The normalized spacial score (nSPS) is 20.9. The Bertz CT molecular complexity index is 120. The number of hydrogen-bond acceptors (Lipinski definition) is 2. The van der Waals surface area contributed by atoms with Crippen molar-refractivity contribution in [2.45, 2.75) is 19.4 Å². The Morgan fingerprint density at radius 2 is 2.56 bits per heavy atom. The predicted octanol–water partition coefficient (Wildman–Crippen LogP) is 0.898. The van der Waals surface area contributed by atoms with Crippen LogP contribution in [-0.4, -0.2) is 19.7 Å². The SMILES string of the molecule is CNC(C)C1=CCCO1. The van der Waals surface area contributed by atoms with Crippen LogP contribution in [0.25, 0.3) is 0 Å². The minimum atomic E-state index is 0.382. The topological polar surface area (TPSA) is 21.3 Å². The standard InChI is InChI=1S/C7H13NO/c1-6(8-2)7-4-3-5-9-7/h4,6,8H,3,5H2,1-2H3. The van der Waals surface area contributed by atoms with E-state index in [4.69, 9.17) is 4.74 Å². The van der Waals surface area contributed by atoms with Crippen molar-refractivity contribution in [1.82, 2.24) is 5.32 Å². The average molecular weight is 127 g/mol. The summed E-state index contributed by atoms with van der Waals surface area (Å²) in [4.78, 5) is 0. The Hall–Kier alpha value is -0.500. The molecule has 0 saturated heterocycles. The molecule has 2 heteroatoms. The summed E-state index contributed by atoms with van der Waals surface area (Å²) >= 11 is 0. The molecule has 1 aliphatic heterocycles. The van der Waals surface area contributed by atoms with Crippen molar-refractivity contribution in [2.75, 3.05) is 13.7 Å². The van der Waals surface area contributed by atoms with Crippen LogP contribution in [0.15, 0.2) is 11.8 Å². The maximum atomic E-state index is 5.30. The van der Waals surface area contributed by atoms with Crippen LogP contribution in [0.3, 0.4) is 0 Å². The molecule has 2 nitrogen and oxygen atoms in total. The van der Waals surface area contributed by atoms with Gasteiger partial charge in [-0.25, -0.2) is 0 Å². The number of hydrogen-bond donors (Lipinski definition) is 1. The maximum absolute atomic E-state index is 5.30. The first-order valence-electron chi connectivity index (χ1n) is 3.34. The first-order chi connectivity index (χ1) is 4.34. The largest absolute Gasteiger partial charge is 0.496 e. The first-order valence-corrected chi connectivity index (χ1v) is 3.34. The number of nitrogens with one attached hydrogen (secondary N) is 1. The molecule has 52 valence electrons. The van der Waals surface area contributed by atoms with Crippen LogP contribution in [0.5, 0.6) is 0 Å². The van der Waals surface area contributed by atoms with Crippen molar-refractivity contribution in [3.05, 3.63) is 11.8 Å². The second-order valence-electron chi connectivity index (χ2n) is 2.25. The fourth-order valence-corrected chi connectivity index (χ4v) is 0.881. The molecule has 1 N–H and O–H groups in total. The third-order valence-electron chi connectivity index (χ3n) is 1.59. The van der Waals surface area contributed by atoms with Crippen molar-refractivity contribution in [3.8, 4) is 0 Å². The smallest absolute Gasteiger partial charge is 0.109 e. The summed E-state index contributed by atoms with van der Waals surface area (Å²) in [5.41, 5.74) is 0. The third kappa shape index (κ3) is 1.45. The summed E-state index contributed by atoms with van der Waals surface area (Å²) in [6.07, 6.45) is 3.21. The van der Waals surface area contributed by atoms with Gasteiger partial charge in [0, 0.05) is 6.42 Å². The molecule has 1 aliphatic rings. The molecule has 0 bridgehead atoms. The van der Waals surface area contributed by atoms with Gasteiger partial charge < -0.3 is 10.1 Å². The van der Waals surface area contributed by atoms with Gasteiger partial charge in [0.15, 0.2) is 0 Å². The van der Waals surface area contributed by atoms with E-state index in [9.17, 15) is 0 Å². The third-order valence-corrected chi connectivity index (χ3v) is 1.59. The average Bonchev–Trinajstić information content (AvgIpc) is 2.37. The summed E-state index contributed by atoms with van der Waals surface area (Å²) in [5, 5.41) is 3.11. The van der Waals surface area contributed by atoms with Gasteiger partial charge in [0.25, 0.3) is 0 Å². The summed E-state index contributed by atoms with van der Waals surface area (Å²) in [6, 6.07) is 0.382. The van der Waals surface area contributed by atoms with Crippen LogP contribution in [0.1, 0.15) is 13.3 Å². The zero-order valence-corrected chi connectivity index (χ0v) is 5.98. The highest BCUT2D eigenvalue weighted by molar-refractivity contribution is 5.04. The second kappa shape index (κ2) is 2.87. The van der Waals surface area contributed by atoms with Crippen LogP contribution in [0, 0.1) is 0 Å². The summed E-state index contributed by atoms with van der Waals surface area (Å²) in [7, 11) is 1.94. The number of ether oxygens (including phenoxy) is 1. The van der Waals surface area contributed by atoms with E-state index in [1.807, 2.05) is 7.05 Å². The van der Waals surface area contributed by atoms with Crippen molar-refractivity contribution in [1.29, 1.82) is 0 Å². The van der Waals surface area contributed by atoms with E-state index in [0.717, 1.165) is 18.8 Å². The van der Waals surface area contributed by atoms with Crippen molar-refractivity contribution < 1.29 is 4.74 Å². The molecule has 0 amide bonds. The fraction of sp³-hybridized carbons (Fsp3) is 0.714. The molecule has 0 saturated carbocycles. The van der Waals surface area contributed by atoms with Gasteiger partial charge in [0.05, 0.1) is 12.6 Å². The molecule has 0 radical (unpaired) electrons. The molecule has 0 aromatic carbocycles. The van der Waals surface area contributed by atoms with Crippen LogP contribution in [0.4, 0.5) is 0 Å². The van der Waals surface area contributed by atoms with Gasteiger partial charge >= 0.3 is 0 Å². The lowest BCUT2D eigenvalue weighted by atomic mass is 10.2. The molecule has 1 unspecified atom stereocenters. The van der Waals surface area contributed by atoms with Gasteiger partial charge in [0.1, 0.15) is 5.76 Å². The number of rotatable bonds is 2. The monoisotopic (exact) mass is 127 g/mol. The Labute approximate surface area is 55.9 Å².